The van der Waals surface area contributed by atoms with Gasteiger partial charge in [0.05, 0.1) is 17.4 Å². The van der Waals surface area contributed by atoms with E-state index in [-0.39, 0.29) is 41.2 Å². The molecule has 4 atom stereocenters. The van der Waals surface area contributed by atoms with Crippen LogP contribution in [0.5, 0.6) is 0 Å². The van der Waals surface area contributed by atoms with E-state index in [9.17, 15) is 23.1 Å². The zero-order valence-corrected chi connectivity index (χ0v) is 24.9. The van der Waals surface area contributed by atoms with E-state index in [1.807, 2.05) is 30.3 Å². The highest BCUT2D eigenvalue weighted by Crippen LogP contribution is 2.52. The third-order valence-electron chi connectivity index (χ3n) is 8.09. The Kier molecular flexibility index (Phi) is 8.07. The van der Waals surface area contributed by atoms with Gasteiger partial charge in [0, 0.05) is 22.0 Å². The normalized spacial score (nSPS) is 24.7. The minimum Gasteiger partial charge on any atom is -0.481 e. The molecule has 3 N–H and O–H groups in total. The Labute approximate surface area is 248 Å². The molecule has 2 heterocycles. The molecule has 3 aromatic rings. The van der Waals surface area contributed by atoms with Crippen molar-refractivity contribution in [2.24, 2.45) is 11.3 Å². The summed E-state index contributed by atoms with van der Waals surface area (Å²) >= 11 is 13.7. The molecule has 2 fully saturated rings. The van der Waals surface area contributed by atoms with Crippen LogP contribution in [0.1, 0.15) is 56.1 Å². The number of hydrogen-bond donors (Lipinski definition) is 3. The topological polar surface area (TPSA) is 113 Å². The van der Waals surface area contributed by atoms with Crippen molar-refractivity contribution in [1.82, 2.24) is 10.0 Å². The number of hydrogen-bond acceptors (Lipinski definition) is 5. The van der Waals surface area contributed by atoms with Crippen molar-refractivity contribution >= 4 is 56.4 Å². The molecule has 1 amide bonds. The number of carboxylic acids is 1. The first-order chi connectivity index (χ1) is 18.9. The van der Waals surface area contributed by atoms with Crippen molar-refractivity contribution in [3.8, 4) is 0 Å². The number of carbonyl (C=O) groups is 2. The molecule has 212 valence electrons. The Balaban J connectivity index is 1.61. The number of halogens is 2. The van der Waals surface area contributed by atoms with E-state index < -0.39 is 33.0 Å². The summed E-state index contributed by atoms with van der Waals surface area (Å²) in [5, 5.41) is 15.5. The van der Waals surface area contributed by atoms with Gasteiger partial charge in [0.15, 0.2) is 0 Å². The second-order valence-corrected chi connectivity index (χ2v) is 14.8. The summed E-state index contributed by atoms with van der Waals surface area (Å²) < 4.78 is 30.7. The van der Waals surface area contributed by atoms with Crippen LogP contribution in [0.25, 0.3) is 0 Å². The fourth-order valence-electron chi connectivity index (χ4n) is 6.01. The van der Waals surface area contributed by atoms with E-state index >= 15 is 0 Å². The summed E-state index contributed by atoms with van der Waals surface area (Å²) in [7, 11) is -3.91. The number of benzene rings is 2. The van der Waals surface area contributed by atoms with Gasteiger partial charge in [-0.3, -0.25) is 9.59 Å². The first kappa shape index (κ1) is 29.1. The average molecular weight is 622 g/mol. The summed E-state index contributed by atoms with van der Waals surface area (Å²) in [6.45, 7) is 1.66. The summed E-state index contributed by atoms with van der Waals surface area (Å²) in [5.74, 6) is -1.73. The van der Waals surface area contributed by atoms with Gasteiger partial charge >= 0.3 is 5.97 Å². The van der Waals surface area contributed by atoms with Crippen LogP contribution >= 0.6 is 34.5 Å². The van der Waals surface area contributed by atoms with Gasteiger partial charge in [-0.2, -0.15) is 4.72 Å². The second kappa shape index (κ2) is 11.1. The number of carboxylic acid groups (broad SMARTS) is 1. The van der Waals surface area contributed by atoms with Gasteiger partial charge in [-0.1, -0.05) is 60.5 Å². The zero-order chi connectivity index (χ0) is 28.7. The molecule has 4 unspecified atom stereocenters. The van der Waals surface area contributed by atoms with E-state index in [0.717, 1.165) is 35.3 Å². The molecule has 2 aliphatic rings. The van der Waals surface area contributed by atoms with Crippen LogP contribution < -0.4 is 10.0 Å². The molecule has 1 saturated heterocycles. The van der Waals surface area contributed by atoms with Gasteiger partial charge in [-0.05, 0) is 78.4 Å². The minimum absolute atomic E-state index is 0.00680. The van der Waals surface area contributed by atoms with Crippen LogP contribution in [0, 0.1) is 11.3 Å². The van der Waals surface area contributed by atoms with Crippen LogP contribution in [0.3, 0.4) is 0 Å². The average Bonchev–Trinajstić information content (AvgIpc) is 3.59. The van der Waals surface area contributed by atoms with Crippen molar-refractivity contribution in [2.45, 2.75) is 60.7 Å². The third-order valence-corrected chi connectivity index (χ3v) is 11.5. The van der Waals surface area contributed by atoms with Crippen LogP contribution in [0.15, 0.2) is 70.3 Å². The summed E-state index contributed by atoms with van der Waals surface area (Å²) in [6, 6.07) is 17.2. The van der Waals surface area contributed by atoms with Gasteiger partial charge < -0.3 is 10.4 Å². The second-order valence-electron chi connectivity index (χ2n) is 11.1. The van der Waals surface area contributed by atoms with E-state index in [1.54, 1.807) is 42.6 Å². The van der Waals surface area contributed by atoms with Crippen molar-refractivity contribution in [2.75, 3.05) is 0 Å². The van der Waals surface area contributed by atoms with Crippen molar-refractivity contribution in [1.29, 1.82) is 0 Å². The molecule has 0 bridgehead atoms. The van der Waals surface area contributed by atoms with Gasteiger partial charge in [-0.25, -0.2) is 8.42 Å². The SMILES string of the molecule is CC1(CC(=O)O)CC(c2cccc(Cl)c2)C(CC(NS(=O)(=O)c2cccs2)(c2ccc(Cl)cc2)C2CC2)NC1=O. The Morgan fingerprint density at radius 1 is 1.12 bits per heavy atom. The van der Waals surface area contributed by atoms with Gasteiger partial charge in [-0.15, -0.1) is 11.3 Å². The zero-order valence-electron chi connectivity index (χ0n) is 21.8. The molecule has 7 nitrogen and oxygen atoms in total. The summed E-state index contributed by atoms with van der Waals surface area (Å²) in [6.07, 6.45) is 1.84. The number of nitrogens with one attached hydrogen (secondary N) is 2. The van der Waals surface area contributed by atoms with E-state index in [0.29, 0.717) is 10.0 Å². The highest BCUT2D eigenvalue weighted by molar-refractivity contribution is 7.91. The lowest BCUT2D eigenvalue weighted by Crippen LogP contribution is -2.58. The standard InChI is InChI=1S/C29H30Cl2N2O5S2/c1-28(17-25(34)35)15-23(18-4-2-5-22(31)14-18)24(32-27(28)36)16-29(19-7-8-19,20-9-11-21(30)12-10-20)33-40(37,38)26-6-3-13-39-26/h2-6,9-14,19,23-24,33H,7-8,15-17H2,1H3,(H,32,36)(H,34,35). The maximum atomic E-state index is 13.7. The van der Waals surface area contributed by atoms with Crippen LogP contribution in [0.2, 0.25) is 10.0 Å². The molecule has 2 aromatic carbocycles. The van der Waals surface area contributed by atoms with Crippen LogP contribution in [-0.4, -0.2) is 31.4 Å². The van der Waals surface area contributed by atoms with E-state index in [1.165, 1.54) is 0 Å². The first-order valence-electron chi connectivity index (χ1n) is 13.0. The highest BCUT2D eigenvalue weighted by Gasteiger charge is 2.54. The molecular weight excluding hydrogens is 591 g/mol. The summed E-state index contributed by atoms with van der Waals surface area (Å²) in [4.78, 5) is 25.2. The Hall–Kier alpha value is -2.43. The van der Waals surface area contributed by atoms with E-state index in [4.69, 9.17) is 23.2 Å². The van der Waals surface area contributed by atoms with Gasteiger partial charge in [0.2, 0.25) is 5.91 Å². The van der Waals surface area contributed by atoms with E-state index in [2.05, 4.69) is 10.0 Å². The number of piperidine rings is 1. The number of aliphatic carboxylic acids is 1. The largest absolute Gasteiger partial charge is 0.481 e. The molecule has 0 radical (unpaired) electrons. The van der Waals surface area contributed by atoms with Crippen molar-refractivity contribution < 1.29 is 23.1 Å². The molecule has 11 heteroatoms. The maximum absolute atomic E-state index is 13.7. The van der Waals surface area contributed by atoms with Crippen LogP contribution in [0.4, 0.5) is 0 Å². The first-order valence-corrected chi connectivity index (χ1v) is 16.2. The highest BCUT2D eigenvalue weighted by atomic mass is 35.5. The molecule has 1 aliphatic heterocycles. The number of rotatable bonds is 10. The monoisotopic (exact) mass is 620 g/mol. The predicted octanol–water partition coefficient (Wildman–Crippen LogP) is 6.18. The van der Waals surface area contributed by atoms with Gasteiger partial charge in [0.1, 0.15) is 4.21 Å². The predicted molar refractivity (Wildman–Crippen MR) is 156 cm³/mol. The number of sulfonamides is 1. The van der Waals surface area contributed by atoms with Crippen molar-refractivity contribution in [3.05, 3.63) is 87.2 Å². The molecule has 1 aromatic heterocycles. The Bertz CT molecular complexity index is 1510. The molecular formula is C29H30Cl2N2O5S2. The maximum Gasteiger partial charge on any atom is 0.304 e. The molecule has 1 aliphatic carbocycles. The lowest BCUT2D eigenvalue weighted by Gasteiger charge is -2.46. The summed E-state index contributed by atoms with van der Waals surface area (Å²) in [5.41, 5.74) is -0.564. The fourth-order valence-corrected chi connectivity index (χ4v) is 8.79. The molecule has 1 saturated carbocycles. The number of carbonyl (C=O) groups excluding carboxylic acids is 1. The van der Waals surface area contributed by atoms with Crippen LogP contribution in [-0.2, 0) is 25.2 Å². The van der Waals surface area contributed by atoms with Gasteiger partial charge in [0.25, 0.3) is 10.0 Å². The Morgan fingerprint density at radius 3 is 2.45 bits per heavy atom. The van der Waals surface area contributed by atoms with Crippen molar-refractivity contribution in [3.63, 3.8) is 0 Å². The third kappa shape index (κ3) is 5.94. The fraction of sp³-hybridized carbons (Fsp3) is 0.379. The molecule has 5 rings (SSSR count). The number of amides is 1. The lowest BCUT2D eigenvalue weighted by molar-refractivity contribution is -0.147. The lowest BCUT2D eigenvalue weighted by atomic mass is 9.66. The smallest absolute Gasteiger partial charge is 0.304 e. The Morgan fingerprint density at radius 2 is 1.85 bits per heavy atom. The minimum atomic E-state index is -3.91. The number of thiophene rings is 1. The molecule has 0 spiro atoms. The molecule has 40 heavy (non-hydrogen) atoms. The quantitative estimate of drug-likeness (QED) is 0.250.